The first kappa shape index (κ1) is 14.2. The van der Waals surface area contributed by atoms with Crippen LogP contribution >= 0.6 is 0 Å². The maximum absolute atomic E-state index is 11.9. The van der Waals surface area contributed by atoms with Crippen LogP contribution in [0.15, 0.2) is 30.6 Å². The number of aromatic nitrogens is 3. The first-order valence-corrected chi connectivity index (χ1v) is 6.89. The first-order valence-electron chi connectivity index (χ1n) is 6.89. The number of carbonyl (C=O) groups excluding carboxylic acids is 1. The minimum absolute atomic E-state index is 0.0297. The average molecular weight is 272 g/mol. The van der Waals surface area contributed by atoms with E-state index < -0.39 is 0 Å². The van der Waals surface area contributed by atoms with Crippen LogP contribution in [0.25, 0.3) is 0 Å². The van der Waals surface area contributed by atoms with Crippen molar-refractivity contribution in [3.8, 4) is 0 Å². The van der Waals surface area contributed by atoms with Crippen molar-refractivity contribution in [3.63, 3.8) is 0 Å². The van der Waals surface area contributed by atoms with E-state index in [9.17, 15) is 4.79 Å². The highest BCUT2D eigenvalue weighted by Gasteiger charge is 2.06. The largest absolute Gasteiger partial charge is 0.352 e. The van der Waals surface area contributed by atoms with Gasteiger partial charge in [-0.2, -0.15) is 5.10 Å². The van der Waals surface area contributed by atoms with Crippen molar-refractivity contribution in [2.75, 3.05) is 6.54 Å². The molecule has 0 saturated heterocycles. The monoisotopic (exact) mass is 272 g/mol. The summed E-state index contributed by atoms with van der Waals surface area (Å²) in [6.45, 7) is 4.91. The Morgan fingerprint density at radius 1 is 1.30 bits per heavy atom. The van der Waals surface area contributed by atoms with Gasteiger partial charge < -0.3 is 5.32 Å². The van der Waals surface area contributed by atoms with E-state index in [1.165, 1.54) is 11.9 Å². The maximum atomic E-state index is 11.9. The van der Waals surface area contributed by atoms with Gasteiger partial charge in [-0.15, -0.1) is 0 Å². The number of hydrogen-bond donors (Lipinski definition) is 2. The van der Waals surface area contributed by atoms with Gasteiger partial charge in [0.1, 0.15) is 12.2 Å². The fourth-order valence-electron chi connectivity index (χ4n) is 1.93. The van der Waals surface area contributed by atoms with E-state index in [2.05, 4.69) is 34.3 Å². The minimum atomic E-state index is -0.0297. The summed E-state index contributed by atoms with van der Waals surface area (Å²) in [7, 11) is 0. The smallest absolute Gasteiger partial charge is 0.251 e. The number of nitrogens with one attached hydrogen (secondary N) is 2. The lowest BCUT2D eigenvalue weighted by Crippen LogP contribution is -2.24. The highest BCUT2D eigenvalue weighted by atomic mass is 16.1. The molecule has 0 spiro atoms. The number of aryl methyl sites for hydroxylation is 1. The molecule has 0 bridgehead atoms. The molecule has 5 nitrogen and oxygen atoms in total. The summed E-state index contributed by atoms with van der Waals surface area (Å²) in [6, 6.07) is 7.77. The Kier molecular flexibility index (Phi) is 4.87. The van der Waals surface area contributed by atoms with Gasteiger partial charge in [0.15, 0.2) is 0 Å². The normalized spacial score (nSPS) is 10.8. The van der Waals surface area contributed by atoms with Gasteiger partial charge in [-0.3, -0.25) is 9.89 Å². The molecule has 20 heavy (non-hydrogen) atoms. The van der Waals surface area contributed by atoms with E-state index in [4.69, 9.17) is 0 Å². The van der Waals surface area contributed by atoms with Crippen LogP contribution in [0.2, 0.25) is 0 Å². The molecule has 2 aromatic rings. The van der Waals surface area contributed by atoms with Crippen molar-refractivity contribution >= 4 is 5.91 Å². The van der Waals surface area contributed by atoms with E-state index in [1.807, 2.05) is 24.3 Å². The maximum Gasteiger partial charge on any atom is 0.251 e. The van der Waals surface area contributed by atoms with Crippen LogP contribution in [-0.4, -0.2) is 27.6 Å². The number of hydrogen-bond acceptors (Lipinski definition) is 3. The number of H-pyrrole nitrogens is 1. The molecule has 1 amide bonds. The van der Waals surface area contributed by atoms with Gasteiger partial charge in [0, 0.05) is 18.5 Å². The second-order valence-corrected chi connectivity index (χ2v) is 5.07. The van der Waals surface area contributed by atoms with E-state index in [0.717, 1.165) is 18.7 Å². The Labute approximate surface area is 118 Å². The third-order valence-corrected chi connectivity index (χ3v) is 3.18. The van der Waals surface area contributed by atoms with Gasteiger partial charge in [-0.25, -0.2) is 4.98 Å². The second-order valence-electron chi connectivity index (χ2n) is 5.07. The standard InChI is InChI=1S/C15H20N4O/c1-11(2)12-5-7-13(8-6-12)15(20)16-9-3-4-14-17-10-18-19-14/h5-8,10-11H,3-4,9H2,1-2H3,(H,16,20)(H,17,18,19). The molecule has 0 fully saturated rings. The predicted molar refractivity (Wildman–Crippen MR) is 77.6 cm³/mol. The molecule has 1 aromatic carbocycles. The van der Waals surface area contributed by atoms with Crippen molar-refractivity contribution in [2.24, 2.45) is 0 Å². The topological polar surface area (TPSA) is 70.7 Å². The Balaban J connectivity index is 1.76. The molecule has 0 saturated carbocycles. The van der Waals surface area contributed by atoms with Gasteiger partial charge in [-0.1, -0.05) is 26.0 Å². The Bertz CT molecular complexity index is 532. The zero-order valence-electron chi connectivity index (χ0n) is 11.9. The summed E-state index contributed by atoms with van der Waals surface area (Å²) in [5.41, 5.74) is 1.95. The van der Waals surface area contributed by atoms with Gasteiger partial charge in [0.05, 0.1) is 0 Å². The molecule has 0 radical (unpaired) electrons. The third kappa shape index (κ3) is 3.91. The van der Waals surface area contributed by atoms with Crippen LogP contribution in [0.1, 0.15) is 47.9 Å². The lowest BCUT2D eigenvalue weighted by Gasteiger charge is -2.07. The van der Waals surface area contributed by atoms with Crippen molar-refractivity contribution in [2.45, 2.75) is 32.6 Å². The molecule has 1 heterocycles. The van der Waals surface area contributed by atoms with Crippen LogP contribution < -0.4 is 5.32 Å². The van der Waals surface area contributed by atoms with E-state index in [0.29, 0.717) is 18.0 Å². The Hall–Kier alpha value is -2.17. The lowest BCUT2D eigenvalue weighted by molar-refractivity contribution is 0.0953. The minimum Gasteiger partial charge on any atom is -0.352 e. The van der Waals surface area contributed by atoms with Gasteiger partial charge in [-0.05, 0) is 30.0 Å². The van der Waals surface area contributed by atoms with Crippen molar-refractivity contribution < 1.29 is 4.79 Å². The summed E-state index contributed by atoms with van der Waals surface area (Å²) in [5, 5.41) is 9.49. The summed E-state index contributed by atoms with van der Waals surface area (Å²) in [4.78, 5) is 16.0. The molecule has 0 atom stereocenters. The SMILES string of the molecule is CC(C)c1ccc(C(=O)NCCCc2ncn[nH]2)cc1. The van der Waals surface area contributed by atoms with Crippen LogP contribution in [0, 0.1) is 0 Å². The number of benzene rings is 1. The molecule has 2 rings (SSSR count). The zero-order valence-corrected chi connectivity index (χ0v) is 11.9. The molecular formula is C15H20N4O. The molecule has 5 heteroatoms. The van der Waals surface area contributed by atoms with Crippen molar-refractivity contribution in [3.05, 3.63) is 47.5 Å². The van der Waals surface area contributed by atoms with Crippen LogP contribution in [-0.2, 0) is 6.42 Å². The van der Waals surface area contributed by atoms with Crippen LogP contribution in [0.5, 0.6) is 0 Å². The van der Waals surface area contributed by atoms with E-state index >= 15 is 0 Å². The molecule has 0 aliphatic rings. The number of carbonyl (C=O) groups is 1. The molecular weight excluding hydrogens is 252 g/mol. The summed E-state index contributed by atoms with van der Waals surface area (Å²) < 4.78 is 0. The summed E-state index contributed by atoms with van der Waals surface area (Å²) in [5.74, 6) is 1.30. The van der Waals surface area contributed by atoms with Crippen molar-refractivity contribution in [1.29, 1.82) is 0 Å². The van der Waals surface area contributed by atoms with Gasteiger partial charge in [0.2, 0.25) is 0 Å². The predicted octanol–water partition coefficient (Wildman–Crippen LogP) is 2.29. The van der Waals surface area contributed by atoms with Crippen LogP contribution in [0.4, 0.5) is 0 Å². The molecule has 2 N–H and O–H groups in total. The zero-order chi connectivity index (χ0) is 14.4. The molecule has 1 aromatic heterocycles. The van der Waals surface area contributed by atoms with Crippen molar-refractivity contribution in [1.82, 2.24) is 20.5 Å². The molecule has 106 valence electrons. The van der Waals surface area contributed by atoms with Crippen LogP contribution in [0.3, 0.4) is 0 Å². The number of rotatable bonds is 6. The molecule has 0 aliphatic carbocycles. The Morgan fingerprint density at radius 3 is 2.65 bits per heavy atom. The second kappa shape index (κ2) is 6.84. The van der Waals surface area contributed by atoms with E-state index in [-0.39, 0.29) is 5.91 Å². The fourth-order valence-corrected chi connectivity index (χ4v) is 1.93. The van der Waals surface area contributed by atoms with E-state index in [1.54, 1.807) is 0 Å². The number of amides is 1. The molecule has 0 unspecified atom stereocenters. The quantitative estimate of drug-likeness (QED) is 0.793. The Morgan fingerprint density at radius 2 is 2.05 bits per heavy atom. The van der Waals surface area contributed by atoms with Gasteiger partial charge >= 0.3 is 0 Å². The third-order valence-electron chi connectivity index (χ3n) is 3.18. The molecule has 0 aliphatic heterocycles. The highest BCUT2D eigenvalue weighted by molar-refractivity contribution is 5.94. The summed E-state index contributed by atoms with van der Waals surface area (Å²) in [6.07, 6.45) is 3.11. The van der Waals surface area contributed by atoms with Gasteiger partial charge in [0.25, 0.3) is 5.91 Å². The lowest BCUT2D eigenvalue weighted by atomic mass is 10.0. The fraction of sp³-hybridized carbons (Fsp3) is 0.400. The number of aromatic amines is 1. The average Bonchev–Trinajstić information content (AvgIpc) is 2.96. The highest BCUT2D eigenvalue weighted by Crippen LogP contribution is 2.14. The summed E-state index contributed by atoms with van der Waals surface area (Å²) >= 11 is 0. The number of nitrogens with zero attached hydrogens (tertiary/aromatic N) is 2. The first-order chi connectivity index (χ1) is 9.66.